The molecule has 4 rings (SSSR count). The zero-order chi connectivity index (χ0) is 23.8. The maximum Gasteiger partial charge on any atom is 0.337 e. The Hall–Kier alpha value is -4.82. The number of benzene rings is 4. The second-order valence-electron chi connectivity index (χ2n) is 7.52. The number of nitrogens with one attached hydrogen (secondary N) is 2. The average molecular weight is 447 g/mol. The van der Waals surface area contributed by atoms with Gasteiger partial charge >= 0.3 is 5.97 Å². The van der Waals surface area contributed by atoms with Crippen molar-refractivity contribution in [1.82, 2.24) is 0 Å². The van der Waals surface area contributed by atoms with Gasteiger partial charge in [-0.3, -0.25) is 4.79 Å². The molecule has 34 heavy (non-hydrogen) atoms. The van der Waals surface area contributed by atoms with Crippen LogP contribution in [0.4, 0.5) is 11.4 Å². The molecule has 0 unspecified atom stereocenters. The molecule has 0 spiro atoms. The van der Waals surface area contributed by atoms with Crippen LogP contribution in [0.15, 0.2) is 103 Å². The van der Waals surface area contributed by atoms with Crippen molar-refractivity contribution in [3.8, 4) is 11.8 Å². The molecule has 0 aliphatic heterocycles. The van der Waals surface area contributed by atoms with Crippen LogP contribution in [0.2, 0.25) is 0 Å². The third kappa shape index (κ3) is 5.70. The first kappa shape index (κ1) is 22.4. The highest BCUT2D eigenvalue weighted by Crippen LogP contribution is 2.22. The molecular weight excluding hydrogens is 424 g/mol. The van der Waals surface area contributed by atoms with Gasteiger partial charge in [-0.15, -0.1) is 0 Å². The van der Waals surface area contributed by atoms with E-state index in [-0.39, 0.29) is 11.3 Å². The minimum absolute atomic E-state index is 0.0228. The summed E-state index contributed by atoms with van der Waals surface area (Å²) in [5, 5.41) is 15.5. The molecule has 5 heteroatoms. The molecule has 0 aromatic heterocycles. The van der Waals surface area contributed by atoms with Crippen LogP contribution in [-0.2, 0) is 6.54 Å². The van der Waals surface area contributed by atoms with Crippen LogP contribution >= 0.6 is 0 Å². The molecule has 0 bridgehead atoms. The fourth-order valence-corrected chi connectivity index (χ4v) is 3.39. The number of carboxylic acids is 1. The fraction of sp³-hybridized carbons (Fsp3) is 0.0345. The van der Waals surface area contributed by atoms with E-state index in [2.05, 4.69) is 22.5 Å². The Bertz CT molecular complexity index is 1370. The number of carboxylic acid groups (broad SMARTS) is 1. The second kappa shape index (κ2) is 10.7. The lowest BCUT2D eigenvalue weighted by molar-refractivity contribution is 0.0698. The van der Waals surface area contributed by atoms with Crippen molar-refractivity contribution < 1.29 is 14.7 Å². The summed E-state index contributed by atoms with van der Waals surface area (Å²) in [6.07, 6.45) is 0. The number of amides is 1. The first-order chi connectivity index (χ1) is 16.6. The van der Waals surface area contributed by atoms with Crippen LogP contribution in [0, 0.1) is 11.8 Å². The molecule has 0 saturated carbocycles. The van der Waals surface area contributed by atoms with E-state index in [0.717, 1.165) is 11.1 Å². The highest BCUT2D eigenvalue weighted by molar-refractivity contribution is 6.10. The summed E-state index contributed by atoms with van der Waals surface area (Å²) in [4.78, 5) is 24.8. The summed E-state index contributed by atoms with van der Waals surface area (Å²) in [6.45, 7) is 0.530. The summed E-state index contributed by atoms with van der Waals surface area (Å²) in [7, 11) is 0. The lowest BCUT2D eigenvalue weighted by Crippen LogP contribution is -2.17. The lowest BCUT2D eigenvalue weighted by atomic mass is 10.1. The first-order valence-electron chi connectivity index (χ1n) is 10.7. The Labute approximate surface area is 198 Å². The van der Waals surface area contributed by atoms with Crippen molar-refractivity contribution in [2.45, 2.75) is 6.54 Å². The van der Waals surface area contributed by atoms with Gasteiger partial charge in [0.15, 0.2) is 0 Å². The zero-order valence-electron chi connectivity index (χ0n) is 18.3. The van der Waals surface area contributed by atoms with Crippen molar-refractivity contribution in [3.05, 3.63) is 131 Å². The molecule has 5 nitrogen and oxygen atoms in total. The van der Waals surface area contributed by atoms with Gasteiger partial charge in [0.05, 0.1) is 16.8 Å². The number of rotatable bonds is 6. The molecule has 166 valence electrons. The van der Waals surface area contributed by atoms with Gasteiger partial charge in [-0.2, -0.15) is 0 Å². The Balaban J connectivity index is 1.65. The van der Waals surface area contributed by atoms with Gasteiger partial charge in [0, 0.05) is 23.4 Å². The summed E-state index contributed by atoms with van der Waals surface area (Å²) in [5.74, 6) is 4.66. The standard InChI is InChI=1S/C29H22N2O3/c32-28(31-27-14-8-7-13-24(27)29(33)34)25-19-22(16-15-21-9-3-1-4-10-21)17-18-26(25)30-20-23-11-5-2-6-12-23/h1-14,17-19,30H,20H2,(H,31,32)(H,33,34). The fourth-order valence-electron chi connectivity index (χ4n) is 3.39. The highest BCUT2D eigenvalue weighted by atomic mass is 16.4. The largest absolute Gasteiger partial charge is 0.478 e. The molecule has 0 atom stereocenters. The molecule has 0 fully saturated rings. The van der Waals surface area contributed by atoms with E-state index in [1.807, 2.05) is 72.8 Å². The monoisotopic (exact) mass is 446 g/mol. The molecule has 0 aliphatic carbocycles. The average Bonchev–Trinajstić information content (AvgIpc) is 2.88. The Morgan fingerprint density at radius 2 is 1.32 bits per heavy atom. The maximum atomic E-state index is 13.3. The van der Waals surface area contributed by atoms with Crippen LogP contribution in [0.3, 0.4) is 0 Å². The van der Waals surface area contributed by atoms with Crippen molar-refractivity contribution in [3.63, 3.8) is 0 Å². The van der Waals surface area contributed by atoms with Crippen molar-refractivity contribution in [2.24, 2.45) is 0 Å². The summed E-state index contributed by atoms with van der Waals surface area (Å²) in [5.41, 5.74) is 3.86. The molecule has 4 aromatic rings. The van der Waals surface area contributed by atoms with Gasteiger partial charge in [-0.05, 0) is 48.0 Å². The molecule has 0 saturated heterocycles. The second-order valence-corrected chi connectivity index (χ2v) is 7.52. The topological polar surface area (TPSA) is 78.4 Å². The smallest absolute Gasteiger partial charge is 0.337 e. The summed E-state index contributed by atoms with van der Waals surface area (Å²) >= 11 is 0. The normalized spacial score (nSPS) is 10.0. The summed E-state index contributed by atoms with van der Waals surface area (Å²) < 4.78 is 0. The van der Waals surface area contributed by atoms with E-state index in [0.29, 0.717) is 23.4 Å². The minimum Gasteiger partial charge on any atom is -0.478 e. The summed E-state index contributed by atoms with van der Waals surface area (Å²) in [6, 6.07) is 31.1. The lowest BCUT2D eigenvalue weighted by Gasteiger charge is -2.14. The van der Waals surface area contributed by atoms with E-state index >= 15 is 0 Å². The zero-order valence-corrected chi connectivity index (χ0v) is 18.3. The molecule has 0 radical (unpaired) electrons. The van der Waals surface area contributed by atoms with Crippen molar-refractivity contribution in [1.29, 1.82) is 0 Å². The molecule has 3 N–H and O–H groups in total. The van der Waals surface area contributed by atoms with E-state index in [1.165, 1.54) is 6.07 Å². The minimum atomic E-state index is -1.11. The third-order valence-corrected chi connectivity index (χ3v) is 5.12. The number of carbonyl (C=O) groups excluding carboxylic acids is 1. The van der Waals surface area contributed by atoms with E-state index in [4.69, 9.17) is 0 Å². The van der Waals surface area contributed by atoms with Crippen molar-refractivity contribution >= 4 is 23.3 Å². The van der Waals surface area contributed by atoms with Crippen molar-refractivity contribution in [2.75, 3.05) is 10.6 Å². The number of carbonyl (C=O) groups is 2. The van der Waals surface area contributed by atoms with Gasteiger partial charge in [0.2, 0.25) is 0 Å². The molecule has 0 heterocycles. The quantitative estimate of drug-likeness (QED) is 0.335. The first-order valence-corrected chi connectivity index (χ1v) is 10.7. The number of para-hydroxylation sites is 1. The van der Waals surface area contributed by atoms with E-state index in [1.54, 1.807) is 24.3 Å². The maximum absolute atomic E-state index is 13.3. The number of hydrogen-bond donors (Lipinski definition) is 3. The van der Waals surface area contributed by atoms with Gasteiger partial charge in [0.25, 0.3) is 5.91 Å². The van der Waals surface area contributed by atoms with Gasteiger partial charge in [-0.1, -0.05) is 72.5 Å². The number of anilines is 2. The van der Waals surface area contributed by atoms with Crippen LogP contribution in [-0.4, -0.2) is 17.0 Å². The van der Waals surface area contributed by atoms with Crippen LogP contribution in [0.25, 0.3) is 0 Å². The van der Waals surface area contributed by atoms with Crippen LogP contribution in [0.5, 0.6) is 0 Å². The number of aromatic carboxylic acids is 1. The third-order valence-electron chi connectivity index (χ3n) is 5.12. The Morgan fingerprint density at radius 1 is 0.676 bits per heavy atom. The van der Waals surface area contributed by atoms with Gasteiger partial charge < -0.3 is 15.7 Å². The van der Waals surface area contributed by atoms with Gasteiger partial charge in [-0.25, -0.2) is 4.79 Å². The van der Waals surface area contributed by atoms with Crippen LogP contribution < -0.4 is 10.6 Å². The molecule has 1 amide bonds. The highest BCUT2D eigenvalue weighted by Gasteiger charge is 2.16. The Kier molecular flexibility index (Phi) is 7.02. The van der Waals surface area contributed by atoms with Gasteiger partial charge in [0.1, 0.15) is 0 Å². The predicted octanol–water partition coefficient (Wildman–Crippen LogP) is 5.65. The molecular formula is C29H22N2O3. The van der Waals surface area contributed by atoms with Crippen LogP contribution in [0.1, 0.15) is 37.4 Å². The van der Waals surface area contributed by atoms with E-state index < -0.39 is 11.9 Å². The van der Waals surface area contributed by atoms with E-state index in [9.17, 15) is 14.7 Å². The molecule has 4 aromatic carbocycles. The SMILES string of the molecule is O=C(O)c1ccccc1NC(=O)c1cc(C#Cc2ccccc2)ccc1NCc1ccccc1. The molecule has 0 aliphatic rings. The predicted molar refractivity (Wildman–Crippen MR) is 134 cm³/mol. The Morgan fingerprint density at radius 3 is 2.06 bits per heavy atom. The number of hydrogen-bond acceptors (Lipinski definition) is 3.